The van der Waals surface area contributed by atoms with Crippen LogP contribution in [0.25, 0.3) is 0 Å². The Morgan fingerprint density at radius 1 is 0.969 bits per heavy atom. The molecule has 0 fully saturated rings. The van der Waals surface area contributed by atoms with Gasteiger partial charge in [0.25, 0.3) is 5.91 Å². The predicted octanol–water partition coefficient (Wildman–Crippen LogP) is 6.14. The highest BCUT2D eigenvalue weighted by atomic mass is 19.1. The van der Waals surface area contributed by atoms with Gasteiger partial charge in [-0.3, -0.25) is 9.59 Å². The van der Waals surface area contributed by atoms with Crippen LogP contribution in [0.2, 0.25) is 0 Å². The average Bonchev–Trinajstić information content (AvgIpc) is 2.80. The van der Waals surface area contributed by atoms with Gasteiger partial charge in [0, 0.05) is 29.4 Å². The smallest absolute Gasteiger partial charge is 0.258 e. The number of amides is 2. The Hall–Kier alpha value is -3.47. The molecule has 0 saturated heterocycles. The number of para-hydroxylation sites is 2. The summed E-state index contributed by atoms with van der Waals surface area (Å²) in [7, 11) is 0. The fourth-order valence-corrected chi connectivity index (χ4v) is 4.50. The highest BCUT2D eigenvalue weighted by Crippen LogP contribution is 2.43. The van der Waals surface area contributed by atoms with Crippen LogP contribution in [0.4, 0.5) is 15.8 Å². The molecule has 0 bridgehead atoms. The van der Waals surface area contributed by atoms with Crippen molar-refractivity contribution in [2.24, 2.45) is 0 Å². The third-order valence-corrected chi connectivity index (χ3v) is 5.95. The molecule has 0 aromatic heterocycles. The highest BCUT2D eigenvalue weighted by Gasteiger charge is 2.38. The number of carbonyl (C=O) groups is 2. The number of halogens is 1. The fourth-order valence-electron chi connectivity index (χ4n) is 4.50. The molecule has 0 unspecified atom stereocenters. The van der Waals surface area contributed by atoms with Gasteiger partial charge in [-0.15, -0.1) is 0 Å². The van der Waals surface area contributed by atoms with Crippen LogP contribution >= 0.6 is 0 Å². The molecule has 5 heteroatoms. The molecular weight excluding hydrogens is 403 g/mol. The van der Waals surface area contributed by atoms with Gasteiger partial charge in [-0.25, -0.2) is 4.39 Å². The van der Waals surface area contributed by atoms with E-state index in [4.69, 9.17) is 0 Å². The molecule has 0 aliphatic carbocycles. The molecule has 0 saturated carbocycles. The standard InChI is InChI=1S/C27H27FN2O2/c1-3-9-26(31)29-19(2)18-25(23-12-7-8-13-24(23)29)30(22-10-5-4-6-11-22)27(32)20-14-16-21(28)17-15-20/h4-8,10-17,19,25H,3,9,18H2,1-2H3/t19-,25+/m1/s1. The van der Waals surface area contributed by atoms with Gasteiger partial charge in [0.05, 0.1) is 6.04 Å². The first kappa shape index (κ1) is 21.8. The van der Waals surface area contributed by atoms with Gasteiger partial charge in [-0.2, -0.15) is 0 Å². The van der Waals surface area contributed by atoms with Crippen molar-refractivity contribution in [3.8, 4) is 0 Å². The number of anilines is 2. The lowest BCUT2D eigenvalue weighted by atomic mass is 9.89. The fraction of sp³-hybridized carbons (Fsp3) is 0.259. The monoisotopic (exact) mass is 430 g/mol. The maximum atomic E-state index is 13.7. The van der Waals surface area contributed by atoms with E-state index >= 15 is 0 Å². The first-order valence-electron chi connectivity index (χ1n) is 11.1. The Bertz CT molecular complexity index is 1100. The molecule has 0 N–H and O–H groups in total. The van der Waals surface area contributed by atoms with Crippen molar-refractivity contribution in [3.63, 3.8) is 0 Å². The number of carbonyl (C=O) groups excluding carboxylic acids is 2. The molecule has 3 aromatic carbocycles. The first-order chi connectivity index (χ1) is 15.5. The van der Waals surface area contributed by atoms with Crippen LogP contribution in [0.15, 0.2) is 78.9 Å². The van der Waals surface area contributed by atoms with Crippen LogP contribution in [0.3, 0.4) is 0 Å². The van der Waals surface area contributed by atoms with E-state index in [0.29, 0.717) is 18.4 Å². The molecule has 1 aliphatic rings. The Balaban J connectivity index is 1.82. The van der Waals surface area contributed by atoms with E-state index in [1.807, 2.05) is 73.3 Å². The third kappa shape index (κ3) is 4.15. The van der Waals surface area contributed by atoms with Crippen LogP contribution in [0.1, 0.15) is 55.1 Å². The van der Waals surface area contributed by atoms with E-state index in [9.17, 15) is 14.0 Å². The van der Waals surface area contributed by atoms with Crippen LogP contribution < -0.4 is 9.80 Å². The van der Waals surface area contributed by atoms with Crippen molar-refractivity contribution >= 4 is 23.2 Å². The zero-order valence-corrected chi connectivity index (χ0v) is 18.4. The van der Waals surface area contributed by atoms with Crippen molar-refractivity contribution in [1.29, 1.82) is 0 Å². The quantitative estimate of drug-likeness (QED) is 0.488. The molecule has 1 heterocycles. The Labute approximate surface area is 188 Å². The number of rotatable bonds is 5. The second kappa shape index (κ2) is 9.35. The molecule has 4 rings (SSSR count). The molecule has 2 amide bonds. The molecule has 4 nitrogen and oxygen atoms in total. The summed E-state index contributed by atoms with van der Waals surface area (Å²) in [4.78, 5) is 30.3. The van der Waals surface area contributed by atoms with Crippen molar-refractivity contribution in [2.45, 2.75) is 45.2 Å². The summed E-state index contributed by atoms with van der Waals surface area (Å²) in [5.41, 5.74) is 2.98. The number of benzene rings is 3. The van der Waals surface area contributed by atoms with E-state index in [0.717, 1.165) is 23.4 Å². The molecule has 2 atom stereocenters. The normalized spacial score (nSPS) is 17.5. The minimum Gasteiger partial charge on any atom is -0.309 e. The number of hydrogen-bond donors (Lipinski definition) is 0. The number of nitrogens with zero attached hydrogens (tertiary/aromatic N) is 2. The summed E-state index contributed by atoms with van der Waals surface area (Å²) in [6, 6.07) is 22.6. The van der Waals surface area contributed by atoms with Gasteiger partial charge in [0.15, 0.2) is 0 Å². The van der Waals surface area contributed by atoms with Gasteiger partial charge in [-0.1, -0.05) is 43.3 Å². The predicted molar refractivity (Wildman–Crippen MR) is 125 cm³/mol. The number of fused-ring (bicyclic) bond motifs is 1. The van der Waals surface area contributed by atoms with Gasteiger partial charge in [0.1, 0.15) is 5.82 Å². The molecule has 32 heavy (non-hydrogen) atoms. The van der Waals surface area contributed by atoms with Crippen molar-refractivity contribution < 1.29 is 14.0 Å². The maximum Gasteiger partial charge on any atom is 0.258 e. The Morgan fingerprint density at radius 3 is 2.31 bits per heavy atom. The van der Waals surface area contributed by atoms with Crippen LogP contribution in [-0.4, -0.2) is 17.9 Å². The minimum absolute atomic E-state index is 0.0684. The van der Waals surface area contributed by atoms with E-state index in [-0.39, 0.29) is 29.7 Å². The topological polar surface area (TPSA) is 40.6 Å². The zero-order valence-electron chi connectivity index (χ0n) is 18.4. The third-order valence-electron chi connectivity index (χ3n) is 5.95. The molecule has 164 valence electrons. The van der Waals surface area contributed by atoms with Gasteiger partial charge >= 0.3 is 0 Å². The van der Waals surface area contributed by atoms with Crippen molar-refractivity contribution in [2.75, 3.05) is 9.80 Å². The first-order valence-corrected chi connectivity index (χ1v) is 11.1. The summed E-state index contributed by atoms with van der Waals surface area (Å²) in [5.74, 6) is -0.479. The molecule has 3 aromatic rings. The second-order valence-electron chi connectivity index (χ2n) is 8.19. The van der Waals surface area contributed by atoms with Crippen molar-refractivity contribution in [3.05, 3.63) is 95.8 Å². The molecule has 0 spiro atoms. The lowest BCUT2D eigenvalue weighted by Gasteiger charge is -2.43. The molecule has 0 radical (unpaired) electrons. The van der Waals surface area contributed by atoms with Crippen LogP contribution in [-0.2, 0) is 4.79 Å². The van der Waals surface area contributed by atoms with E-state index in [1.165, 1.54) is 24.3 Å². The SMILES string of the molecule is CCCC(=O)N1c2ccccc2[C@@H](N(C(=O)c2ccc(F)cc2)c2ccccc2)C[C@H]1C. The Kier molecular flexibility index (Phi) is 6.35. The largest absolute Gasteiger partial charge is 0.309 e. The van der Waals surface area contributed by atoms with Crippen molar-refractivity contribution in [1.82, 2.24) is 0 Å². The summed E-state index contributed by atoms with van der Waals surface area (Å²) in [5, 5.41) is 0. The summed E-state index contributed by atoms with van der Waals surface area (Å²) in [6.45, 7) is 4.03. The molecule has 1 aliphatic heterocycles. The Morgan fingerprint density at radius 2 is 1.62 bits per heavy atom. The second-order valence-corrected chi connectivity index (χ2v) is 8.19. The van der Waals surface area contributed by atoms with E-state index < -0.39 is 0 Å². The minimum atomic E-state index is -0.380. The van der Waals surface area contributed by atoms with E-state index in [2.05, 4.69) is 0 Å². The van der Waals surface area contributed by atoms with Gasteiger partial charge < -0.3 is 9.80 Å². The zero-order chi connectivity index (χ0) is 22.7. The summed E-state index contributed by atoms with van der Waals surface area (Å²) < 4.78 is 13.5. The highest BCUT2D eigenvalue weighted by molar-refractivity contribution is 6.07. The van der Waals surface area contributed by atoms with Crippen LogP contribution in [0, 0.1) is 5.82 Å². The van der Waals surface area contributed by atoms with Crippen LogP contribution in [0.5, 0.6) is 0 Å². The van der Waals surface area contributed by atoms with Gasteiger partial charge in [-0.05, 0) is 67.8 Å². The summed E-state index contributed by atoms with van der Waals surface area (Å²) in [6.07, 6.45) is 1.88. The van der Waals surface area contributed by atoms with E-state index in [1.54, 1.807) is 4.90 Å². The number of hydrogen-bond acceptors (Lipinski definition) is 2. The average molecular weight is 431 g/mol. The lowest BCUT2D eigenvalue weighted by molar-refractivity contribution is -0.119. The summed E-state index contributed by atoms with van der Waals surface area (Å²) >= 11 is 0. The lowest BCUT2D eigenvalue weighted by Crippen LogP contribution is -2.47. The van der Waals surface area contributed by atoms with Gasteiger partial charge in [0.2, 0.25) is 5.91 Å². The maximum absolute atomic E-state index is 13.7. The molecular formula is C27H27FN2O2.